The summed E-state index contributed by atoms with van der Waals surface area (Å²) in [5.74, 6) is 0. The van der Waals surface area contributed by atoms with Gasteiger partial charge in [-0.25, -0.2) is 0 Å². The van der Waals surface area contributed by atoms with Crippen LogP contribution in [0.3, 0.4) is 0 Å². The van der Waals surface area contributed by atoms with E-state index in [0.29, 0.717) is 11.4 Å². The number of aldehydes is 1. The van der Waals surface area contributed by atoms with Crippen molar-refractivity contribution in [1.29, 1.82) is 0 Å². The van der Waals surface area contributed by atoms with E-state index in [1.807, 2.05) is 25.1 Å². The lowest BCUT2D eigenvalue weighted by Gasteiger charge is -2.20. The zero-order valence-corrected chi connectivity index (χ0v) is 9.71. The van der Waals surface area contributed by atoms with Crippen molar-refractivity contribution >= 4 is 17.9 Å². The molecule has 15 heavy (non-hydrogen) atoms. The summed E-state index contributed by atoms with van der Waals surface area (Å²) in [5, 5.41) is 10.6. The Morgan fingerprint density at radius 2 is 2.20 bits per heavy atom. The van der Waals surface area contributed by atoms with Gasteiger partial charge in [0, 0.05) is 17.9 Å². The first-order valence-corrected chi connectivity index (χ1v) is 5.23. The van der Waals surface area contributed by atoms with Crippen molar-refractivity contribution in [2.24, 2.45) is 0 Å². The van der Waals surface area contributed by atoms with E-state index in [9.17, 15) is 9.90 Å². The standard InChI is InChI=1S/C12H15ClO2/c1-9-7-10(3-4-11(9)13)8-12(2,15)5-6-14/h3-4,6-7,15H,5,8H2,1-2H3. The van der Waals surface area contributed by atoms with Crippen LogP contribution in [0.5, 0.6) is 0 Å². The minimum atomic E-state index is -0.970. The van der Waals surface area contributed by atoms with Crippen molar-refractivity contribution < 1.29 is 9.90 Å². The number of rotatable bonds is 4. The predicted octanol–water partition coefficient (Wildman–Crippen LogP) is 2.53. The quantitative estimate of drug-likeness (QED) is 0.802. The molecule has 1 aromatic rings. The molecule has 2 nitrogen and oxygen atoms in total. The molecule has 1 rings (SSSR count). The normalized spacial score (nSPS) is 14.7. The third-order valence-corrected chi connectivity index (χ3v) is 2.75. The highest BCUT2D eigenvalue weighted by Crippen LogP contribution is 2.21. The van der Waals surface area contributed by atoms with Crippen molar-refractivity contribution in [3.05, 3.63) is 34.3 Å². The van der Waals surface area contributed by atoms with Gasteiger partial charge in [0.2, 0.25) is 0 Å². The fourth-order valence-electron chi connectivity index (χ4n) is 1.51. The first kappa shape index (κ1) is 12.2. The van der Waals surface area contributed by atoms with Gasteiger partial charge in [-0.2, -0.15) is 0 Å². The van der Waals surface area contributed by atoms with Crippen LogP contribution in [0.15, 0.2) is 18.2 Å². The van der Waals surface area contributed by atoms with Gasteiger partial charge in [0.25, 0.3) is 0 Å². The topological polar surface area (TPSA) is 37.3 Å². The maximum absolute atomic E-state index is 10.4. The van der Waals surface area contributed by atoms with Gasteiger partial charge in [-0.3, -0.25) is 0 Å². The van der Waals surface area contributed by atoms with Crippen LogP contribution < -0.4 is 0 Å². The average molecular weight is 227 g/mol. The Morgan fingerprint density at radius 3 is 2.73 bits per heavy atom. The Morgan fingerprint density at radius 1 is 1.53 bits per heavy atom. The van der Waals surface area contributed by atoms with Crippen LogP contribution in [0.1, 0.15) is 24.5 Å². The van der Waals surface area contributed by atoms with Crippen LogP contribution in [-0.2, 0) is 11.2 Å². The molecule has 1 unspecified atom stereocenters. The second kappa shape index (κ2) is 4.77. The largest absolute Gasteiger partial charge is 0.389 e. The SMILES string of the molecule is Cc1cc(CC(C)(O)CC=O)ccc1Cl. The van der Waals surface area contributed by atoms with E-state index >= 15 is 0 Å². The Bertz CT molecular complexity index is 359. The van der Waals surface area contributed by atoms with E-state index in [0.717, 1.165) is 17.4 Å². The van der Waals surface area contributed by atoms with Crippen molar-refractivity contribution in [3.8, 4) is 0 Å². The minimum absolute atomic E-state index is 0.147. The molecule has 82 valence electrons. The highest BCUT2D eigenvalue weighted by atomic mass is 35.5. The molecule has 1 aromatic carbocycles. The smallest absolute Gasteiger partial charge is 0.122 e. The zero-order chi connectivity index (χ0) is 11.5. The van der Waals surface area contributed by atoms with E-state index in [-0.39, 0.29) is 6.42 Å². The third kappa shape index (κ3) is 3.65. The molecular formula is C12H15ClO2. The molecule has 0 aromatic heterocycles. The van der Waals surface area contributed by atoms with Gasteiger partial charge >= 0.3 is 0 Å². The van der Waals surface area contributed by atoms with Gasteiger partial charge in [0.1, 0.15) is 6.29 Å². The lowest BCUT2D eigenvalue weighted by Crippen LogP contribution is -2.27. The molecule has 3 heteroatoms. The van der Waals surface area contributed by atoms with Crippen molar-refractivity contribution in [3.63, 3.8) is 0 Å². The summed E-state index contributed by atoms with van der Waals surface area (Å²) in [7, 11) is 0. The van der Waals surface area contributed by atoms with Crippen LogP contribution in [0.2, 0.25) is 5.02 Å². The van der Waals surface area contributed by atoms with E-state index in [4.69, 9.17) is 11.6 Å². The Balaban J connectivity index is 2.80. The van der Waals surface area contributed by atoms with Crippen LogP contribution in [0.4, 0.5) is 0 Å². The molecule has 0 saturated carbocycles. The van der Waals surface area contributed by atoms with Crippen LogP contribution in [0.25, 0.3) is 0 Å². The minimum Gasteiger partial charge on any atom is -0.389 e. The first-order chi connectivity index (χ1) is 6.94. The lowest BCUT2D eigenvalue weighted by atomic mass is 9.93. The van der Waals surface area contributed by atoms with Crippen LogP contribution >= 0.6 is 11.6 Å². The molecule has 0 aliphatic heterocycles. The Hall–Kier alpha value is -0.860. The van der Waals surface area contributed by atoms with Gasteiger partial charge in [-0.15, -0.1) is 0 Å². The molecule has 0 bridgehead atoms. The van der Waals surface area contributed by atoms with Gasteiger partial charge in [-0.1, -0.05) is 23.7 Å². The summed E-state index contributed by atoms with van der Waals surface area (Å²) in [6, 6.07) is 5.61. The molecule has 0 saturated heterocycles. The zero-order valence-electron chi connectivity index (χ0n) is 8.96. The van der Waals surface area contributed by atoms with Crippen LogP contribution in [0, 0.1) is 6.92 Å². The summed E-state index contributed by atoms with van der Waals surface area (Å²) in [6.07, 6.45) is 1.35. The van der Waals surface area contributed by atoms with E-state index in [2.05, 4.69) is 0 Å². The number of hydrogen-bond donors (Lipinski definition) is 1. The molecule has 0 fully saturated rings. The number of benzene rings is 1. The highest BCUT2D eigenvalue weighted by Gasteiger charge is 2.20. The molecular weight excluding hydrogens is 212 g/mol. The van der Waals surface area contributed by atoms with E-state index < -0.39 is 5.60 Å². The van der Waals surface area contributed by atoms with E-state index in [1.54, 1.807) is 6.92 Å². The molecule has 0 aliphatic carbocycles. The summed E-state index contributed by atoms with van der Waals surface area (Å²) < 4.78 is 0. The van der Waals surface area contributed by atoms with Gasteiger partial charge in [0.15, 0.2) is 0 Å². The maximum atomic E-state index is 10.4. The summed E-state index contributed by atoms with van der Waals surface area (Å²) in [5.41, 5.74) is 1.00. The molecule has 0 amide bonds. The van der Waals surface area contributed by atoms with Crippen molar-refractivity contribution in [2.45, 2.75) is 32.3 Å². The summed E-state index contributed by atoms with van der Waals surface area (Å²) in [6.45, 7) is 3.58. The molecule has 0 radical (unpaired) electrons. The summed E-state index contributed by atoms with van der Waals surface area (Å²) >= 11 is 5.89. The fraction of sp³-hybridized carbons (Fsp3) is 0.417. The second-order valence-electron chi connectivity index (χ2n) is 4.13. The van der Waals surface area contributed by atoms with Gasteiger partial charge in [0.05, 0.1) is 5.60 Å². The molecule has 0 heterocycles. The van der Waals surface area contributed by atoms with Crippen molar-refractivity contribution in [2.75, 3.05) is 0 Å². The van der Waals surface area contributed by atoms with Gasteiger partial charge in [-0.05, 0) is 31.0 Å². The maximum Gasteiger partial charge on any atom is 0.122 e. The number of aliphatic hydroxyl groups is 1. The second-order valence-corrected chi connectivity index (χ2v) is 4.54. The Kier molecular flexibility index (Phi) is 3.89. The number of carbonyl (C=O) groups excluding carboxylic acids is 1. The molecule has 0 aliphatic rings. The average Bonchev–Trinajstić information content (AvgIpc) is 2.10. The number of halogens is 1. The van der Waals surface area contributed by atoms with Crippen molar-refractivity contribution in [1.82, 2.24) is 0 Å². The summed E-state index contributed by atoms with van der Waals surface area (Å²) in [4.78, 5) is 10.4. The first-order valence-electron chi connectivity index (χ1n) is 4.86. The molecule has 0 spiro atoms. The monoisotopic (exact) mass is 226 g/mol. The number of hydrogen-bond acceptors (Lipinski definition) is 2. The predicted molar refractivity (Wildman–Crippen MR) is 61.2 cm³/mol. The lowest BCUT2D eigenvalue weighted by molar-refractivity contribution is -0.111. The molecule has 1 atom stereocenters. The van der Waals surface area contributed by atoms with Crippen LogP contribution in [-0.4, -0.2) is 17.0 Å². The number of carbonyl (C=O) groups is 1. The third-order valence-electron chi connectivity index (χ3n) is 2.33. The highest BCUT2D eigenvalue weighted by molar-refractivity contribution is 6.31. The van der Waals surface area contributed by atoms with E-state index in [1.165, 1.54) is 0 Å². The Labute approximate surface area is 94.9 Å². The number of aryl methyl sites for hydroxylation is 1. The molecule has 1 N–H and O–H groups in total. The fourth-order valence-corrected chi connectivity index (χ4v) is 1.63. The van der Waals surface area contributed by atoms with Gasteiger partial charge < -0.3 is 9.90 Å².